The summed E-state index contributed by atoms with van der Waals surface area (Å²) in [5, 5.41) is 1.08. The van der Waals surface area contributed by atoms with Crippen LogP contribution in [0.15, 0.2) is 47.7 Å². The van der Waals surface area contributed by atoms with Crippen LogP contribution in [-0.2, 0) is 4.74 Å². The highest BCUT2D eigenvalue weighted by Crippen LogP contribution is 2.24. The van der Waals surface area contributed by atoms with Crippen LogP contribution in [0.25, 0.3) is 0 Å². The van der Waals surface area contributed by atoms with Crippen molar-refractivity contribution in [3.05, 3.63) is 58.3 Å². The molecule has 110 valence electrons. The zero-order valence-electron chi connectivity index (χ0n) is 11.9. The Morgan fingerprint density at radius 1 is 1.33 bits per heavy atom. The zero-order valence-corrected chi connectivity index (χ0v) is 13.4. The normalized spacial score (nSPS) is 13.0. The van der Waals surface area contributed by atoms with E-state index in [-0.39, 0.29) is 6.10 Å². The molecule has 0 amide bonds. The first-order chi connectivity index (χ1) is 10.1. The Hall–Kier alpha value is -1.58. The molecule has 0 saturated carbocycles. The van der Waals surface area contributed by atoms with E-state index in [0.29, 0.717) is 27.2 Å². The van der Waals surface area contributed by atoms with Crippen LogP contribution in [0, 0.1) is 0 Å². The fourth-order valence-electron chi connectivity index (χ4n) is 1.62. The molecule has 0 unspecified atom stereocenters. The van der Waals surface area contributed by atoms with Crippen molar-refractivity contribution in [1.82, 2.24) is 4.98 Å². The summed E-state index contributed by atoms with van der Waals surface area (Å²) in [5.74, 6) is 0.471. The number of aromatic nitrogens is 1. The number of hydrogen-bond donors (Lipinski definition) is 0. The Morgan fingerprint density at radius 3 is 2.76 bits per heavy atom. The topological polar surface area (TPSA) is 34.5 Å². The van der Waals surface area contributed by atoms with Crippen LogP contribution in [0.5, 0.6) is 0 Å². The largest absolute Gasteiger partial charge is 0.474 e. The Bertz CT molecular complexity index is 629. The van der Waals surface area contributed by atoms with Crippen molar-refractivity contribution in [1.29, 1.82) is 0 Å². The number of hydrogen-bond acceptors (Lipinski definition) is 3. The van der Waals surface area contributed by atoms with E-state index in [1.807, 2.05) is 25.1 Å². The first-order valence-corrected chi connectivity index (χ1v) is 7.46. The van der Waals surface area contributed by atoms with Crippen molar-refractivity contribution < 1.29 is 4.74 Å². The summed E-state index contributed by atoms with van der Waals surface area (Å²) in [6, 6.07) is 8.93. The zero-order chi connectivity index (χ0) is 15.2. The van der Waals surface area contributed by atoms with E-state index < -0.39 is 0 Å². The SMILES string of the molecule is CC[C@H](C)OC(=Nc1cccnc1)c1ccc(Cl)cc1Cl. The summed E-state index contributed by atoms with van der Waals surface area (Å²) in [6.45, 7) is 4.04. The highest BCUT2D eigenvalue weighted by atomic mass is 35.5. The van der Waals surface area contributed by atoms with Gasteiger partial charge in [0.1, 0.15) is 0 Å². The standard InChI is InChI=1S/C16H16Cl2N2O/c1-3-11(2)21-16(20-13-5-4-8-19-10-13)14-7-6-12(17)9-15(14)18/h4-11H,3H2,1-2H3/t11-/m0/s1. The fourth-order valence-corrected chi connectivity index (χ4v) is 2.11. The molecule has 3 nitrogen and oxygen atoms in total. The Morgan fingerprint density at radius 2 is 2.14 bits per heavy atom. The lowest BCUT2D eigenvalue weighted by Crippen LogP contribution is -2.15. The number of ether oxygens (including phenoxy) is 1. The molecule has 0 aliphatic carbocycles. The van der Waals surface area contributed by atoms with Crippen LogP contribution in [-0.4, -0.2) is 17.0 Å². The summed E-state index contributed by atoms with van der Waals surface area (Å²) in [5.41, 5.74) is 1.42. The van der Waals surface area contributed by atoms with Gasteiger partial charge in [-0.1, -0.05) is 30.1 Å². The van der Waals surface area contributed by atoms with E-state index >= 15 is 0 Å². The van der Waals surface area contributed by atoms with Crippen molar-refractivity contribution in [3.8, 4) is 0 Å². The molecule has 21 heavy (non-hydrogen) atoms. The molecular formula is C16H16Cl2N2O. The molecule has 0 fully saturated rings. The second kappa shape index (κ2) is 7.43. The van der Waals surface area contributed by atoms with Gasteiger partial charge in [-0.05, 0) is 43.7 Å². The van der Waals surface area contributed by atoms with Crippen LogP contribution in [0.3, 0.4) is 0 Å². The molecule has 0 aliphatic heterocycles. The lowest BCUT2D eigenvalue weighted by atomic mass is 10.2. The molecule has 0 saturated heterocycles. The van der Waals surface area contributed by atoms with Gasteiger partial charge in [0, 0.05) is 11.2 Å². The van der Waals surface area contributed by atoms with Crippen molar-refractivity contribution >= 4 is 34.8 Å². The molecule has 1 heterocycles. The Labute approximate surface area is 134 Å². The van der Waals surface area contributed by atoms with Crippen molar-refractivity contribution in [3.63, 3.8) is 0 Å². The monoisotopic (exact) mass is 322 g/mol. The van der Waals surface area contributed by atoms with Gasteiger partial charge in [0.2, 0.25) is 5.90 Å². The molecule has 0 aliphatic rings. The van der Waals surface area contributed by atoms with E-state index in [9.17, 15) is 0 Å². The maximum Gasteiger partial charge on any atom is 0.223 e. The summed E-state index contributed by atoms with van der Waals surface area (Å²) < 4.78 is 5.90. The molecule has 2 aromatic rings. The predicted octanol–water partition coefficient (Wildman–Crippen LogP) is 5.28. The van der Waals surface area contributed by atoms with Gasteiger partial charge in [-0.15, -0.1) is 0 Å². The third-order valence-electron chi connectivity index (χ3n) is 2.93. The van der Waals surface area contributed by atoms with Crippen molar-refractivity contribution in [2.75, 3.05) is 0 Å². The minimum Gasteiger partial charge on any atom is -0.474 e. The Balaban J connectivity index is 2.43. The van der Waals surface area contributed by atoms with E-state index in [0.717, 1.165) is 6.42 Å². The maximum atomic E-state index is 6.26. The van der Waals surface area contributed by atoms with Gasteiger partial charge >= 0.3 is 0 Å². The average molecular weight is 323 g/mol. The molecule has 1 aromatic heterocycles. The summed E-state index contributed by atoms with van der Waals surface area (Å²) >= 11 is 12.2. The number of aliphatic imine (C=N–C) groups is 1. The van der Waals surface area contributed by atoms with Gasteiger partial charge in [0.05, 0.1) is 28.6 Å². The second-order valence-electron chi connectivity index (χ2n) is 4.59. The molecule has 5 heteroatoms. The Kier molecular flexibility index (Phi) is 5.59. The van der Waals surface area contributed by atoms with E-state index in [1.54, 1.807) is 24.5 Å². The third-order valence-corrected chi connectivity index (χ3v) is 3.47. The average Bonchev–Trinajstić information content (AvgIpc) is 2.47. The molecule has 0 bridgehead atoms. The van der Waals surface area contributed by atoms with Gasteiger partial charge in [-0.2, -0.15) is 0 Å². The first-order valence-electron chi connectivity index (χ1n) is 6.71. The maximum absolute atomic E-state index is 6.26. The number of halogens is 2. The first kappa shape index (κ1) is 15.8. The molecular weight excluding hydrogens is 307 g/mol. The van der Waals surface area contributed by atoms with Crippen LogP contribution in [0.1, 0.15) is 25.8 Å². The number of nitrogens with zero attached hydrogens (tertiary/aromatic N) is 2. The summed E-state index contributed by atoms with van der Waals surface area (Å²) in [6.07, 6.45) is 4.28. The molecule has 0 radical (unpaired) electrons. The second-order valence-corrected chi connectivity index (χ2v) is 5.43. The van der Waals surface area contributed by atoms with Crippen LogP contribution in [0.4, 0.5) is 5.69 Å². The molecule has 1 aromatic carbocycles. The number of rotatable bonds is 4. The highest BCUT2D eigenvalue weighted by Gasteiger charge is 2.13. The fraction of sp³-hybridized carbons (Fsp3) is 0.250. The number of pyridine rings is 1. The van der Waals surface area contributed by atoms with Gasteiger partial charge in [-0.25, -0.2) is 4.99 Å². The predicted molar refractivity (Wildman–Crippen MR) is 87.7 cm³/mol. The lowest BCUT2D eigenvalue weighted by Gasteiger charge is -2.16. The van der Waals surface area contributed by atoms with Crippen LogP contribution < -0.4 is 0 Å². The van der Waals surface area contributed by atoms with Gasteiger partial charge in [0.25, 0.3) is 0 Å². The minimum absolute atomic E-state index is 0.0344. The van der Waals surface area contributed by atoms with Gasteiger partial charge in [-0.3, -0.25) is 4.98 Å². The van der Waals surface area contributed by atoms with E-state index in [2.05, 4.69) is 16.9 Å². The van der Waals surface area contributed by atoms with Crippen LogP contribution in [0.2, 0.25) is 10.0 Å². The third kappa shape index (κ3) is 4.45. The highest BCUT2D eigenvalue weighted by molar-refractivity contribution is 6.36. The van der Waals surface area contributed by atoms with Crippen LogP contribution >= 0.6 is 23.2 Å². The smallest absolute Gasteiger partial charge is 0.223 e. The molecule has 0 N–H and O–H groups in total. The lowest BCUT2D eigenvalue weighted by molar-refractivity contribution is 0.205. The van der Waals surface area contributed by atoms with E-state index in [1.165, 1.54) is 0 Å². The van der Waals surface area contributed by atoms with Gasteiger partial charge < -0.3 is 4.74 Å². The minimum atomic E-state index is 0.0344. The molecule has 1 atom stereocenters. The van der Waals surface area contributed by atoms with E-state index in [4.69, 9.17) is 27.9 Å². The molecule has 0 spiro atoms. The van der Waals surface area contributed by atoms with Gasteiger partial charge in [0.15, 0.2) is 0 Å². The number of benzene rings is 1. The molecule has 2 rings (SSSR count). The summed E-state index contributed by atoms with van der Waals surface area (Å²) in [4.78, 5) is 8.56. The van der Waals surface area contributed by atoms with Crippen molar-refractivity contribution in [2.45, 2.75) is 26.4 Å². The van der Waals surface area contributed by atoms with Crippen molar-refractivity contribution in [2.24, 2.45) is 4.99 Å². The quantitative estimate of drug-likeness (QED) is 0.566. The summed E-state index contributed by atoms with van der Waals surface area (Å²) in [7, 11) is 0.